The predicted octanol–water partition coefficient (Wildman–Crippen LogP) is 2.62. The normalized spacial score (nSPS) is 21.8. The molecule has 1 aliphatic carbocycles. The lowest BCUT2D eigenvalue weighted by Gasteiger charge is -2.31. The molecule has 1 aromatic rings. The number of ether oxygens (including phenoxy) is 1. The predicted molar refractivity (Wildman–Crippen MR) is 106 cm³/mol. The number of hydrogen-bond acceptors (Lipinski definition) is 4. The Hall–Kier alpha value is -2.57. The van der Waals surface area contributed by atoms with Crippen molar-refractivity contribution in [3.05, 3.63) is 29.3 Å². The van der Waals surface area contributed by atoms with Gasteiger partial charge in [0.1, 0.15) is 0 Å². The summed E-state index contributed by atoms with van der Waals surface area (Å²) >= 11 is 0. The van der Waals surface area contributed by atoms with Crippen molar-refractivity contribution in [3.63, 3.8) is 0 Å². The molecule has 0 bridgehead atoms. The van der Waals surface area contributed by atoms with E-state index in [0.29, 0.717) is 39.0 Å². The fourth-order valence-electron chi connectivity index (χ4n) is 3.79. The first-order chi connectivity index (χ1) is 13.4. The molecule has 7 heteroatoms. The summed E-state index contributed by atoms with van der Waals surface area (Å²) in [5.41, 5.74) is 2.96. The van der Waals surface area contributed by atoms with Gasteiger partial charge in [-0.2, -0.15) is 0 Å². The van der Waals surface area contributed by atoms with Gasteiger partial charge in [-0.05, 0) is 63.3 Å². The molecule has 0 spiro atoms. The van der Waals surface area contributed by atoms with Crippen LogP contribution < -0.4 is 10.6 Å². The van der Waals surface area contributed by atoms with Gasteiger partial charge in [0.25, 0.3) is 0 Å². The molecule has 1 saturated heterocycles. The molecule has 2 N–H and O–H groups in total. The molecule has 3 amide bonds. The van der Waals surface area contributed by atoms with Crippen LogP contribution in [0.25, 0.3) is 0 Å². The molecule has 2 fully saturated rings. The maximum Gasteiger partial charge on any atom is 0.409 e. The Morgan fingerprint density at radius 1 is 1.04 bits per heavy atom. The number of nitrogens with one attached hydrogen (secondary N) is 2. The Balaban J connectivity index is 1.43. The molecule has 1 aliphatic heterocycles. The summed E-state index contributed by atoms with van der Waals surface area (Å²) < 4.78 is 5.01. The summed E-state index contributed by atoms with van der Waals surface area (Å²) in [6, 6.07) is 5.96. The van der Waals surface area contributed by atoms with Gasteiger partial charge in [-0.15, -0.1) is 0 Å². The molecule has 3 rings (SSSR count). The zero-order valence-electron chi connectivity index (χ0n) is 16.8. The van der Waals surface area contributed by atoms with Crippen molar-refractivity contribution < 1.29 is 19.1 Å². The van der Waals surface area contributed by atoms with E-state index in [1.54, 1.807) is 11.8 Å². The number of aryl methyl sites for hydroxylation is 2. The molecule has 152 valence electrons. The quantitative estimate of drug-likeness (QED) is 0.813. The topological polar surface area (TPSA) is 87.7 Å². The summed E-state index contributed by atoms with van der Waals surface area (Å²) in [4.78, 5) is 38.3. The molecular weight excluding hydrogens is 358 g/mol. The number of piperidine rings is 1. The first kappa shape index (κ1) is 20.2. The highest BCUT2D eigenvalue weighted by Gasteiger charge is 2.48. The minimum atomic E-state index is -0.294. The van der Waals surface area contributed by atoms with Gasteiger partial charge >= 0.3 is 6.09 Å². The third kappa shape index (κ3) is 5.03. The zero-order valence-corrected chi connectivity index (χ0v) is 16.8. The molecule has 28 heavy (non-hydrogen) atoms. The highest BCUT2D eigenvalue weighted by Crippen LogP contribution is 2.39. The molecule has 1 aromatic carbocycles. The van der Waals surface area contributed by atoms with E-state index in [-0.39, 0.29) is 35.8 Å². The van der Waals surface area contributed by atoms with Crippen molar-refractivity contribution >= 4 is 23.6 Å². The van der Waals surface area contributed by atoms with Crippen LogP contribution in [0.2, 0.25) is 0 Å². The van der Waals surface area contributed by atoms with Gasteiger partial charge in [0.05, 0.1) is 18.4 Å². The van der Waals surface area contributed by atoms with E-state index < -0.39 is 0 Å². The summed E-state index contributed by atoms with van der Waals surface area (Å²) in [6.07, 6.45) is 1.70. The number of hydrogen-bond donors (Lipinski definition) is 2. The largest absolute Gasteiger partial charge is 0.450 e. The third-order valence-corrected chi connectivity index (χ3v) is 5.32. The molecule has 0 aromatic heterocycles. The number of amides is 3. The minimum Gasteiger partial charge on any atom is -0.450 e. The van der Waals surface area contributed by atoms with Crippen molar-refractivity contribution in [1.82, 2.24) is 10.2 Å². The number of benzene rings is 1. The van der Waals surface area contributed by atoms with Gasteiger partial charge in [-0.1, -0.05) is 6.07 Å². The van der Waals surface area contributed by atoms with Crippen LogP contribution in [0.15, 0.2) is 18.2 Å². The van der Waals surface area contributed by atoms with Crippen LogP contribution in [0.3, 0.4) is 0 Å². The summed E-state index contributed by atoms with van der Waals surface area (Å²) in [5, 5.41) is 5.97. The van der Waals surface area contributed by atoms with Crippen molar-refractivity contribution in [1.29, 1.82) is 0 Å². The third-order valence-electron chi connectivity index (χ3n) is 5.32. The van der Waals surface area contributed by atoms with E-state index in [1.165, 1.54) is 0 Å². The van der Waals surface area contributed by atoms with Gasteiger partial charge in [0.15, 0.2) is 0 Å². The minimum absolute atomic E-state index is 0.0434. The fourth-order valence-corrected chi connectivity index (χ4v) is 3.79. The fraction of sp³-hybridized carbons (Fsp3) is 0.571. The molecule has 2 aliphatic rings. The van der Waals surface area contributed by atoms with Gasteiger partial charge in [-0.3, -0.25) is 9.59 Å². The molecule has 2 unspecified atom stereocenters. The number of carbonyl (C=O) groups excluding carboxylic acids is 3. The first-order valence-electron chi connectivity index (χ1n) is 9.98. The summed E-state index contributed by atoms with van der Waals surface area (Å²) in [5.74, 6) is -0.674. The van der Waals surface area contributed by atoms with Crippen LogP contribution in [-0.4, -0.2) is 48.5 Å². The van der Waals surface area contributed by atoms with E-state index in [4.69, 9.17) is 4.74 Å². The second-order valence-corrected chi connectivity index (χ2v) is 7.78. The number of anilines is 1. The van der Waals surface area contributed by atoms with Gasteiger partial charge in [0, 0.05) is 24.8 Å². The molecular formula is C21H29N3O4. The lowest BCUT2D eigenvalue weighted by atomic mass is 10.1. The van der Waals surface area contributed by atoms with Crippen molar-refractivity contribution in [2.45, 2.75) is 46.1 Å². The zero-order chi connectivity index (χ0) is 20.3. The SMILES string of the molecule is CCOC(=O)N1CCC(NC(=O)C2CC2C(=O)Nc2cc(C)cc(C)c2)CC1. The Morgan fingerprint density at radius 3 is 2.25 bits per heavy atom. The summed E-state index contributed by atoms with van der Waals surface area (Å²) in [6.45, 7) is 7.28. The lowest BCUT2D eigenvalue weighted by Crippen LogP contribution is -2.47. The van der Waals surface area contributed by atoms with Gasteiger partial charge < -0.3 is 20.3 Å². The maximum atomic E-state index is 12.5. The van der Waals surface area contributed by atoms with E-state index in [2.05, 4.69) is 16.7 Å². The van der Waals surface area contributed by atoms with E-state index in [0.717, 1.165) is 16.8 Å². The highest BCUT2D eigenvalue weighted by molar-refractivity contribution is 5.99. The molecule has 0 radical (unpaired) electrons. The van der Waals surface area contributed by atoms with Crippen LogP contribution in [-0.2, 0) is 14.3 Å². The van der Waals surface area contributed by atoms with Crippen LogP contribution in [0.4, 0.5) is 10.5 Å². The standard InChI is InChI=1S/C21H29N3O4/c1-4-28-21(27)24-7-5-15(6-8-24)22-19(25)17-12-18(17)20(26)23-16-10-13(2)9-14(3)11-16/h9-11,15,17-18H,4-8,12H2,1-3H3,(H,22,25)(H,23,26). The molecule has 7 nitrogen and oxygen atoms in total. The summed E-state index contributed by atoms with van der Waals surface area (Å²) in [7, 11) is 0. The maximum absolute atomic E-state index is 12.5. The van der Waals surface area contributed by atoms with Crippen LogP contribution in [0.1, 0.15) is 37.3 Å². The van der Waals surface area contributed by atoms with E-state index in [9.17, 15) is 14.4 Å². The lowest BCUT2D eigenvalue weighted by molar-refractivity contribution is -0.126. The Morgan fingerprint density at radius 2 is 1.64 bits per heavy atom. The van der Waals surface area contributed by atoms with Gasteiger partial charge in [0.2, 0.25) is 11.8 Å². The number of nitrogens with zero attached hydrogens (tertiary/aromatic N) is 1. The highest BCUT2D eigenvalue weighted by atomic mass is 16.6. The molecule has 1 heterocycles. The molecule has 1 saturated carbocycles. The Labute approximate surface area is 165 Å². The smallest absolute Gasteiger partial charge is 0.409 e. The average Bonchev–Trinajstić information content (AvgIpc) is 3.42. The number of likely N-dealkylation sites (tertiary alicyclic amines) is 1. The van der Waals surface area contributed by atoms with Crippen molar-refractivity contribution in [2.24, 2.45) is 11.8 Å². The second-order valence-electron chi connectivity index (χ2n) is 7.78. The molecule has 2 atom stereocenters. The van der Waals surface area contributed by atoms with Crippen molar-refractivity contribution in [3.8, 4) is 0 Å². The average molecular weight is 387 g/mol. The van der Waals surface area contributed by atoms with E-state index >= 15 is 0 Å². The number of rotatable bonds is 5. The first-order valence-corrected chi connectivity index (χ1v) is 9.98. The Kier molecular flexibility index (Phi) is 6.21. The van der Waals surface area contributed by atoms with Crippen molar-refractivity contribution in [2.75, 3.05) is 25.0 Å². The number of carbonyl (C=O) groups is 3. The van der Waals surface area contributed by atoms with Gasteiger partial charge in [-0.25, -0.2) is 4.79 Å². The monoisotopic (exact) mass is 387 g/mol. The van der Waals surface area contributed by atoms with E-state index in [1.807, 2.05) is 26.0 Å². The van der Waals surface area contributed by atoms with Crippen LogP contribution in [0, 0.1) is 25.7 Å². The Bertz CT molecular complexity index is 736. The second kappa shape index (κ2) is 8.63. The van der Waals surface area contributed by atoms with Crippen LogP contribution in [0.5, 0.6) is 0 Å². The van der Waals surface area contributed by atoms with Crippen LogP contribution >= 0.6 is 0 Å².